The van der Waals surface area contributed by atoms with E-state index in [2.05, 4.69) is 5.32 Å². The van der Waals surface area contributed by atoms with Crippen molar-refractivity contribution in [3.8, 4) is 0 Å². The maximum atomic E-state index is 11.3. The van der Waals surface area contributed by atoms with E-state index in [4.69, 9.17) is 10.5 Å². The summed E-state index contributed by atoms with van der Waals surface area (Å²) in [5, 5.41) is 2.72. The van der Waals surface area contributed by atoms with Gasteiger partial charge in [0.1, 0.15) is 0 Å². The van der Waals surface area contributed by atoms with Crippen molar-refractivity contribution in [2.24, 2.45) is 11.7 Å². The van der Waals surface area contributed by atoms with Gasteiger partial charge in [0.25, 0.3) is 0 Å². The van der Waals surface area contributed by atoms with Gasteiger partial charge in [-0.15, -0.1) is 0 Å². The van der Waals surface area contributed by atoms with Crippen molar-refractivity contribution < 1.29 is 9.53 Å². The first-order valence-corrected chi connectivity index (χ1v) is 6.30. The molecule has 0 aromatic heterocycles. The van der Waals surface area contributed by atoms with Gasteiger partial charge in [0.2, 0.25) is 0 Å². The quantitative estimate of drug-likeness (QED) is 0.812. The molecule has 0 aliphatic carbocycles. The highest BCUT2D eigenvalue weighted by Crippen LogP contribution is 2.04. The van der Waals surface area contributed by atoms with Crippen LogP contribution in [0.15, 0.2) is 24.3 Å². The molecule has 4 heteroatoms. The van der Waals surface area contributed by atoms with Crippen LogP contribution in [0.25, 0.3) is 0 Å². The minimum Gasteiger partial charge on any atom is -0.449 e. The molecule has 3 N–H and O–H groups in total. The van der Waals surface area contributed by atoms with E-state index in [1.807, 2.05) is 38.1 Å². The second-order valence-electron chi connectivity index (χ2n) is 4.70. The lowest BCUT2D eigenvalue weighted by Crippen LogP contribution is -2.25. The van der Waals surface area contributed by atoms with Crippen molar-refractivity contribution >= 4 is 6.09 Å². The van der Waals surface area contributed by atoms with Gasteiger partial charge in [0, 0.05) is 6.54 Å². The number of carbonyl (C=O) groups excluding carboxylic acids is 1. The van der Waals surface area contributed by atoms with Crippen LogP contribution in [0.4, 0.5) is 4.79 Å². The number of ether oxygens (including phenoxy) is 1. The molecular formula is C14H22N2O2. The molecule has 1 aromatic carbocycles. The Kier molecular flexibility index (Phi) is 6.22. The first kappa shape index (κ1) is 14.5. The molecule has 0 radical (unpaired) electrons. The molecule has 100 valence electrons. The van der Waals surface area contributed by atoms with E-state index >= 15 is 0 Å². The van der Waals surface area contributed by atoms with E-state index in [0.717, 1.165) is 12.0 Å². The predicted molar refractivity (Wildman–Crippen MR) is 72.2 cm³/mol. The zero-order valence-electron chi connectivity index (χ0n) is 11.1. The minimum absolute atomic E-state index is 0.353. The van der Waals surface area contributed by atoms with Crippen molar-refractivity contribution in [2.75, 3.05) is 13.2 Å². The van der Waals surface area contributed by atoms with Crippen LogP contribution in [0.3, 0.4) is 0 Å². The van der Waals surface area contributed by atoms with Gasteiger partial charge in [-0.25, -0.2) is 4.79 Å². The predicted octanol–water partition coefficient (Wildman–Crippen LogP) is 2.07. The highest BCUT2D eigenvalue weighted by atomic mass is 16.5. The van der Waals surface area contributed by atoms with Crippen LogP contribution in [0.5, 0.6) is 0 Å². The summed E-state index contributed by atoms with van der Waals surface area (Å²) < 4.78 is 5.02. The Morgan fingerprint density at radius 2 is 1.89 bits per heavy atom. The normalized spacial score (nSPS) is 10.4. The second-order valence-corrected chi connectivity index (χ2v) is 4.70. The van der Waals surface area contributed by atoms with Crippen LogP contribution in [-0.4, -0.2) is 19.2 Å². The van der Waals surface area contributed by atoms with E-state index in [-0.39, 0.29) is 6.09 Å². The number of rotatable bonds is 6. The van der Waals surface area contributed by atoms with Crippen molar-refractivity contribution in [2.45, 2.75) is 26.8 Å². The number of nitrogens with two attached hydrogens (primary N) is 1. The van der Waals surface area contributed by atoms with Gasteiger partial charge < -0.3 is 15.8 Å². The van der Waals surface area contributed by atoms with Gasteiger partial charge in [-0.1, -0.05) is 38.1 Å². The van der Waals surface area contributed by atoms with Crippen LogP contribution in [-0.2, 0) is 17.7 Å². The van der Waals surface area contributed by atoms with Gasteiger partial charge in [-0.05, 0) is 30.0 Å². The Labute approximate surface area is 109 Å². The summed E-state index contributed by atoms with van der Waals surface area (Å²) in [5.41, 5.74) is 7.75. The SMILES string of the molecule is CC(C)COC(=O)NCc1ccc(CCN)cc1. The minimum atomic E-state index is -0.366. The zero-order valence-corrected chi connectivity index (χ0v) is 11.1. The lowest BCUT2D eigenvalue weighted by atomic mass is 10.1. The Morgan fingerprint density at radius 3 is 2.44 bits per heavy atom. The number of hydrogen-bond acceptors (Lipinski definition) is 3. The Hall–Kier alpha value is -1.55. The Bertz CT molecular complexity index is 361. The molecule has 0 spiro atoms. The van der Waals surface area contributed by atoms with Gasteiger partial charge >= 0.3 is 6.09 Å². The van der Waals surface area contributed by atoms with Crippen molar-refractivity contribution in [3.63, 3.8) is 0 Å². The van der Waals surface area contributed by atoms with Crippen LogP contribution >= 0.6 is 0 Å². The molecule has 0 aliphatic heterocycles. The first-order chi connectivity index (χ1) is 8.61. The maximum Gasteiger partial charge on any atom is 0.407 e. The second kappa shape index (κ2) is 7.71. The van der Waals surface area contributed by atoms with Crippen LogP contribution < -0.4 is 11.1 Å². The van der Waals surface area contributed by atoms with Gasteiger partial charge in [-0.3, -0.25) is 0 Å². The number of amides is 1. The number of alkyl carbamates (subject to hydrolysis) is 1. The molecule has 1 aromatic rings. The van der Waals surface area contributed by atoms with Crippen molar-refractivity contribution in [1.29, 1.82) is 0 Å². The monoisotopic (exact) mass is 250 g/mol. The van der Waals surface area contributed by atoms with E-state index < -0.39 is 0 Å². The Balaban J connectivity index is 2.32. The highest BCUT2D eigenvalue weighted by molar-refractivity contribution is 5.67. The topological polar surface area (TPSA) is 64.3 Å². The standard InChI is InChI=1S/C14H22N2O2/c1-11(2)10-18-14(17)16-9-13-5-3-12(4-6-13)7-8-15/h3-6,11H,7-10,15H2,1-2H3,(H,16,17). The van der Waals surface area contributed by atoms with Gasteiger partial charge in [-0.2, -0.15) is 0 Å². The van der Waals surface area contributed by atoms with Gasteiger partial charge in [0.15, 0.2) is 0 Å². The molecule has 0 saturated heterocycles. The third kappa shape index (κ3) is 5.68. The van der Waals surface area contributed by atoms with Crippen molar-refractivity contribution in [1.82, 2.24) is 5.32 Å². The van der Waals surface area contributed by atoms with E-state index in [9.17, 15) is 4.79 Å². The number of nitrogens with one attached hydrogen (secondary N) is 1. The third-order valence-corrected chi connectivity index (χ3v) is 2.44. The molecule has 0 unspecified atom stereocenters. The maximum absolute atomic E-state index is 11.3. The molecule has 4 nitrogen and oxygen atoms in total. The summed E-state index contributed by atoms with van der Waals surface area (Å²) in [7, 11) is 0. The Morgan fingerprint density at radius 1 is 1.28 bits per heavy atom. The summed E-state index contributed by atoms with van der Waals surface area (Å²) in [6, 6.07) is 8.05. The number of benzene rings is 1. The fourth-order valence-electron chi connectivity index (χ4n) is 1.46. The molecule has 1 amide bonds. The summed E-state index contributed by atoms with van der Waals surface area (Å²) in [6.07, 6.45) is 0.513. The first-order valence-electron chi connectivity index (χ1n) is 6.30. The largest absolute Gasteiger partial charge is 0.449 e. The summed E-state index contributed by atoms with van der Waals surface area (Å²) in [5.74, 6) is 0.353. The molecular weight excluding hydrogens is 228 g/mol. The number of carbonyl (C=O) groups is 1. The molecule has 18 heavy (non-hydrogen) atoms. The average molecular weight is 250 g/mol. The van der Waals surface area contributed by atoms with Gasteiger partial charge in [0.05, 0.1) is 6.61 Å². The molecule has 0 fully saturated rings. The highest BCUT2D eigenvalue weighted by Gasteiger charge is 2.03. The van der Waals surface area contributed by atoms with Crippen LogP contribution in [0.2, 0.25) is 0 Å². The molecule has 1 rings (SSSR count). The fraction of sp³-hybridized carbons (Fsp3) is 0.500. The molecule has 0 heterocycles. The smallest absolute Gasteiger partial charge is 0.407 e. The lowest BCUT2D eigenvalue weighted by Gasteiger charge is -2.09. The molecule has 0 bridgehead atoms. The average Bonchev–Trinajstić information content (AvgIpc) is 2.36. The summed E-state index contributed by atoms with van der Waals surface area (Å²) in [4.78, 5) is 11.3. The zero-order chi connectivity index (χ0) is 13.4. The van der Waals surface area contributed by atoms with Crippen molar-refractivity contribution in [3.05, 3.63) is 35.4 Å². The van der Waals surface area contributed by atoms with Crippen LogP contribution in [0.1, 0.15) is 25.0 Å². The fourth-order valence-corrected chi connectivity index (χ4v) is 1.46. The van der Waals surface area contributed by atoms with E-state index in [0.29, 0.717) is 25.6 Å². The molecule has 0 aliphatic rings. The summed E-state index contributed by atoms with van der Waals surface area (Å²) >= 11 is 0. The van der Waals surface area contributed by atoms with E-state index in [1.54, 1.807) is 0 Å². The molecule has 0 saturated carbocycles. The summed E-state index contributed by atoms with van der Waals surface area (Å²) in [6.45, 7) is 5.59. The third-order valence-electron chi connectivity index (χ3n) is 2.44. The van der Waals surface area contributed by atoms with E-state index in [1.165, 1.54) is 5.56 Å². The lowest BCUT2D eigenvalue weighted by molar-refractivity contribution is 0.132. The number of hydrogen-bond donors (Lipinski definition) is 2. The van der Waals surface area contributed by atoms with Crippen LogP contribution in [0, 0.1) is 5.92 Å². The molecule has 0 atom stereocenters.